The highest BCUT2D eigenvalue weighted by molar-refractivity contribution is 5.62. The summed E-state index contributed by atoms with van der Waals surface area (Å²) in [6.07, 6.45) is 2.22. The van der Waals surface area contributed by atoms with Gasteiger partial charge in [-0.3, -0.25) is 0 Å². The first kappa shape index (κ1) is 20.0. The lowest BCUT2D eigenvalue weighted by Gasteiger charge is -2.23. The third kappa shape index (κ3) is 5.35. The van der Waals surface area contributed by atoms with Crippen molar-refractivity contribution in [2.45, 2.75) is 47.5 Å². The average Bonchev–Trinajstić information content (AvgIpc) is 2.63. The van der Waals surface area contributed by atoms with Crippen LogP contribution in [-0.4, -0.2) is 36.1 Å². The van der Waals surface area contributed by atoms with Gasteiger partial charge >= 0.3 is 0 Å². The van der Waals surface area contributed by atoms with Crippen LogP contribution in [0, 0.1) is 6.92 Å². The second kappa shape index (κ2) is 10.00. The number of aromatic nitrogens is 2. The number of anilines is 4. The van der Waals surface area contributed by atoms with Crippen LogP contribution in [0.3, 0.4) is 0 Å². The quantitative estimate of drug-likeness (QED) is 0.649. The minimum Gasteiger partial charge on any atom is -0.372 e. The van der Waals surface area contributed by atoms with Gasteiger partial charge in [-0.15, -0.1) is 0 Å². The predicted octanol–water partition coefficient (Wildman–Crippen LogP) is 5.00. The number of aryl methyl sites for hydroxylation is 1. The van der Waals surface area contributed by atoms with Gasteiger partial charge in [0.15, 0.2) is 0 Å². The van der Waals surface area contributed by atoms with E-state index in [-0.39, 0.29) is 0 Å². The van der Waals surface area contributed by atoms with Gasteiger partial charge in [-0.1, -0.05) is 13.8 Å². The monoisotopic (exact) mass is 355 g/mol. The Hall–Kier alpha value is -2.30. The maximum atomic E-state index is 4.64. The molecule has 0 fully saturated rings. The number of benzene rings is 1. The van der Waals surface area contributed by atoms with E-state index in [0.717, 1.165) is 62.2 Å². The van der Waals surface area contributed by atoms with Crippen molar-refractivity contribution in [2.75, 3.05) is 41.3 Å². The molecule has 0 spiro atoms. The number of hydrogen-bond donors (Lipinski definition) is 1. The number of rotatable bonds is 10. The number of nitrogens with one attached hydrogen (secondary N) is 1. The van der Waals surface area contributed by atoms with E-state index in [1.165, 1.54) is 5.69 Å². The van der Waals surface area contributed by atoms with Crippen molar-refractivity contribution < 1.29 is 0 Å². The average molecular weight is 356 g/mol. The molecule has 0 saturated heterocycles. The number of hydrogen-bond acceptors (Lipinski definition) is 5. The van der Waals surface area contributed by atoms with E-state index in [4.69, 9.17) is 0 Å². The Bertz CT molecular complexity index is 659. The lowest BCUT2D eigenvalue weighted by atomic mass is 10.2. The summed E-state index contributed by atoms with van der Waals surface area (Å²) in [6, 6.07) is 10.6. The van der Waals surface area contributed by atoms with Crippen molar-refractivity contribution >= 4 is 23.0 Å². The molecule has 0 aliphatic carbocycles. The normalized spacial score (nSPS) is 10.7. The van der Waals surface area contributed by atoms with Crippen LogP contribution in [0.1, 0.15) is 46.4 Å². The zero-order chi connectivity index (χ0) is 18.9. The Labute approximate surface area is 158 Å². The molecule has 0 saturated carbocycles. The molecule has 0 aliphatic heterocycles. The second-order valence-electron chi connectivity index (χ2n) is 6.49. The molecule has 0 aliphatic rings. The minimum absolute atomic E-state index is 0.793. The Kier molecular flexibility index (Phi) is 7.70. The van der Waals surface area contributed by atoms with E-state index >= 15 is 0 Å². The van der Waals surface area contributed by atoms with Crippen LogP contribution in [0.5, 0.6) is 0 Å². The van der Waals surface area contributed by atoms with Crippen LogP contribution in [0.2, 0.25) is 0 Å². The van der Waals surface area contributed by atoms with Gasteiger partial charge < -0.3 is 15.1 Å². The molecule has 2 rings (SSSR count). The van der Waals surface area contributed by atoms with Gasteiger partial charge in [-0.25, -0.2) is 9.97 Å². The van der Waals surface area contributed by atoms with Crippen LogP contribution in [0.15, 0.2) is 30.3 Å². The predicted molar refractivity (Wildman–Crippen MR) is 113 cm³/mol. The minimum atomic E-state index is 0.793. The highest BCUT2D eigenvalue weighted by Crippen LogP contribution is 2.23. The van der Waals surface area contributed by atoms with Gasteiger partial charge in [0.25, 0.3) is 0 Å². The SMILES string of the molecule is CCCN(CCC)c1cc(Nc2ccc(N(CC)CC)cc2)nc(C)n1. The van der Waals surface area contributed by atoms with Crippen LogP contribution in [0.4, 0.5) is 23.0 Å². The van der Waals surface area contributed by atoms with Crippen molar-refractivity contribution in [3.8, 4) is 0 Å². The molecule has 26 heavy (non-hydrogen) atoms. The Morgan fingerprint density at radius 3 is 2.00 bits per heavy atom. The number of nitrogens with zero attached hydrogens (tertiary/aromatic N) is 4. The molecule has 0 atom stereocenters. The second-order valence-corrected chi connectivity index (χ2v) is 6.49. The lowest BCUT2D eigenvalue weighted by Crippen LogP contribution is -2.26. The Morgan fingerprint density at radius 1 is 0.846 bits per heavy atom. The molecule has 1 aromatic carbocycles. The summed E-state index contributed by atoms with van der Waals surface area (Å²) in [6.45, 7) is 14.8. The van der Waals surface area contributed by atoms with Gasteiger partial charge in [0.05, 0.1) is 0 Å². The van der Waals surface area contributed by atoms with Gasteiger partial charge in [-0.2, -0.15) is 0 Å². The molecule has 142 valence electrons. The third-order valence-corrected chi connectivity index (χ3v) is 4.40. The summed E-state index contributed by atoms with van der Waals surface area (Å²) in [5.74, 6) is 2.64. The molecular weight excluding hydrogens is 322 g/mol. The van der Waals surface area contributed by atoms with E-state index in [2.05, 4.69) is 83.1 Å². The first-order chi connectivity index (χ1) is 12.6. The standard InChI is InChI=1S/C21H33N5/c1-6-14-26(15-7-2)21-16-20(22-17(5)23-21)24-18-10-12-19(13-11-18)25(8-3)9-4/h10-13,16H,6-9,14-15H2,1-5H3,(H,22,23,24). The van der Waals surface area contributed by atoms with Gasteiger partial charge in [0.2, 0.25) is 0 Å². The lowest BCUT2D eigenvalue weighted by molar-refractivity contribution is 0.730. The maximum absolute atomic E-state index is 4.64. The van der Waals surface area contributed by atoms with E-state index in [0.29, 0.717) is 0 Å². The summed E-state index contributed by atoms with van der Waals surface area (Å²) in [7, 11) is 0. The maximum Gasteiger partial charge on any atom is 0.136 e. The Balaban J connectivity index is 2.18. The molecule has 5 nitrogen and oxygen atoms in total. The summed E-state index contributed by atoms with van der Waals surface area (Å²) < 4.78 is 0. The zero-order valence-electron chi connectivity index (χ0n) is 16.9. The van der Waals surface area contributed by atoms with E-state index in [1.807, 2.05) is 6.92 Å². The van der Waals surface area contributed by atoms with Crippen LogP contribution < -0.4 is 15.1 Å². The summed E-state index contributed by atoms with van der Waals surface area (Å²) in [5, 5.41) is 3.43. The molecule has 0 bridgehead atoms. The smallest absolute Gasteiger partial charge is 0.136 e. The molecule has 1 N–H and O–H groups in total. The fraction of sp³-hybridized carbons (Fsp3) is 0.524. The fourth-order valence-corrected chi connectivity index (χ4v) is 3.15. The fourth-order valence-electron chi connectivity index (χ4n) is 3.15. The summed E-state index contributed by atoms with van der Waals surface area (Å²) >= 11 is 0. The molecule has 0 unspecified atom stereocenters. The first-order valence-electron chi connectivity index (χ1n) is 9.83. The van der Waals surface area contributed by atoms with Gasteiger partial charge in [0.1, 0.15) is 17.5 Å². The highest BCUT2D eigenvalue weighted by atomic mass is 15.2. The Morgan fingerprint density at radius 2 is 1.46 bits per heavy atom. The van der Waals surface area contributed by atoms with E-state index in [9.17, 15) is 0 Å². The highest BCUT2D eigenvalue weighted by Gasteiger charge is 2.10. The van der Waals surface area contributed by atoms with E-state index in [1.54, 1.807) is 0 Å². The topological polar surface area (TPSA) is 44.3 Å². The van der Waals surface area contributed by atoms with Crippen molar-refractivity contribution in [1.29, 1.82) is 0 Å². The summed E-state index contributed by atoms with van der Waals surface area (Å²) in [4.78, 5) is 13.9. The van der Waals surface area contributed by atoms with Crippen molar-refractivity contribution in [1.82, 2.24) is 9.97 Å². The largest absolute Gasteiger partial charge is 0.372 e. The third-order valence-electron chi connectivity index (χ3n) is 4.40. The molecule has 1 aromatic heterocycles. The van der Waals surface area contributed by atoms with Crippen molar-refractivity contribution in [3.05, 3.63) is 36.2 Å². The molecule has 1 heterocycles. The molecular formula is C21H33N5. The van der Waals surface area contributed by atoms with Crippen LogP contribution in [-0.2, 0) is 0 Å². The molecule has 2 aromatic rings. The summed E-state index contributed by atoms with van der Waals surface area (Å²) in [5.41, 5.74) is 2.29. The molecule has 0 radical (unpaired) electrons. The zero-order valence-corrected chi connectivity index (χ0v) is 16.9. The van der Waals surface area contributed by atoms with Gasteiger partial charge in [0, 0.05) is 43.6 Å². The molecule has 5 heteroatoms. The van der Waals surface area contributed by atoms with Crippen LogP contribution >= 0.6 is 0 Å². The molecule has 0 amide bonds. The first-order valence-corrected chi connectivity index (χ1v) is 9.83. The van der Waals surface area contributed by atoms with Crippen LogP contribution in [0.25, 0.3) is 0 Å². The van der Waals surface area contributed by atoms with Crippen molar-refractivity contribution in [2.24, 2.45) is 0 Å². The van der Waals surface area contributed by atoms with Gasteiger partial charge in [-0.05, 0) is 57.9 Å². The van der Waals surface area contributed by atoms with Crippen molar-refractivity contribution in [3.63, 3.8) is 0 Å². The van der Waals surface area contributed by atoms with E-state index < -0.39 is 0 Å².